The summed E-state index contributed by atoms with van der Waals surface area (Å²) >= 11 is 6.24. The number of halogens is 2. The van der Waals surface area contributed by atoms with Crippen LogP contribution in [-0.4, -0.2) is 22.6 Å². The minimum Gasteiger partial charge on any atom is -0.457 e. The van der Waals surface area contributed by atoms with E-state index in [0.717, 1.165) is 0 Å². The maximum Gasteiger partial charge on any atom is 0.338 e. The van der Waals surface area contributed by atoms with Gasteiger partial charge in [0.15, 0.2) is 0 Å². The number of aliphatic hydroxyl groups is 1. The predicted molar refractivity (Wildman–Crippen MR) is 112 cm³/mol. The molecule has 0 aliphatic carbocycles. The SMILES string of the molecule is CC#CC(O)(CC(C)(C)c1cc(F)ccc1Cl)C(=O)Nc1ccc2c(c1)COC2=O. The van der Waals surface area contributed by atoms with Crippen molar-refractivity contribution in [2.24, 2.45) is 0 Å². The van der Waals surface area contributed by atoms with Crippen LogP contribution >= 0.6 is 11.6 Å². The fraction of sp³-hybridized carbons (Fsp3) is 0.304. The number of carbonyl (C=O) groups is 2. The van der Waals surface area contributed by atoms with E-state index in [2.05, 4.69) is 17.2 Å². The summed E-state index contributed by atoms with van der Waals surface area (Å²) in [5.74, 6) is 3.55. The molecule has 2 N–H and O–H groups in total. The van der Waals surface area contributed by atoms with Gasteiger partial charge in [-0.25, -0.2) is 9.18 Å². The Morgan fingerprint density at radius 1 is 1.30 bits per heavy atom. The van der Waals surface area contributed by atoms with Gasteiger partial charge < -0.3 is 15.2 Å². The minimum absolute atomic E-state index is 0.123. The summed E-state index contributed by atoms with van der Waals surface area (Å²) in [5.41, 5.74) is -0.975. The van der Waals surface area contributed by atoms with Gasteiger partial charge in [0.25, 0.3) is 5.91 Å². The van der Waals surface area contributed by atoms with E-state index in [9.17, 15) is 19.1 Å². The van der Waals surface area contributed by atoms with Gasteiger partial charge in [-0.3, -0.25) is 4.79 Å². The second-order valence-corrected chi connectivity index (χ2v) is 8.23. The highest BCUT2D eigenvalue weighted by molar-refractivity contribution is 6.31. The van der Waals surface area contributed by atoms with Gasteiger partial charge in [-0.15, -0.1) is 5.92 Å². The second-order valence-electron chi connectivity index (χ2n) is 7.82. The highest BCUT2D eigenvalue weighted by atomic mass is 35.5. The van der Waals surface area contributed by atoms with Crippen molar-refractivity contribution in [2.75, 3.05) is 5.32 Å². The van der Waals surface area contributed by atoms with Crippen LogP contribution in [0.5, 0.6) is 0 Å². The molecule has 0 radical (unpaired) electrons. The number of benzene rings is 2. The summed E-state index contributed by atoms with van der Waals surface area (Å²) in [7, 11) is 0. The van der Waals surface area contributed by atoms with Gasteiger partial charge in [0.2, 0.25) is 5.60 Å². The molecule has 1 atom stereocenters. The van der Waals surface area contributed by atoms with E-state index in [1.165, 1.54) is 25.1 Å². The van der Waals surface area contributed by atoms with Crippen molar-refractivity contribution in [3.8, 4) is 11.8 Å². The zero-order chi connectivity index (χ0) is 22.1. The molecule has 5 nitrogen and oxygen atoms in total. The Morgan fingerprint density at radius 3 is 2.73 bits per heavy atom. The number of nitrogens with one attached hydrogen (secondary N) is 1. The number of hydrogen-bond donors (Lipinski definition) is 2. The number of ether oxygens (including phenoxy) is 1. The second kappa shape index (κ2) is 8.10. The summed E-state index contributed by atoms with van der Waals surface area (Å²) < 4.78 is 18.7. The monoisotopic (exact) mass is 429 g/mol. The smallest absolute Gasteiger partial charge is 0.338 e. The Bertz CT molecular complexity index is 1090. The summed E-state index contributed by atoms with van der Waals surface area (Å²) in [4.78, 5) is 24.6. The normalized spacial score (nSPS) is 14.8. The van der Waals surface area contributed by atoms with Crippen LogP contribution in [0.15, 0.2) is 36.4 Å². The standard InChI is InChI=1S/C23H21ClFNO4/c1-4-9-23(29,13-22(2,3)18-11-15(25)5-8-19(18)24)21(28)26-16-6-7-17-14(10-16)12-30-20(17)27/h5-8,10-11,29H,12-13H2,1-3H3,(H,26,28). The lowest BCUT2D eigenvalue weighted by molar-refractivity contribution is -0.130. The molecule has 0 spiro atoms. The number of fused-ring (bicyclic) bond motifs is 1. The first-order valence-corrected chi connectivity index (χ1v) is 9.67. The zero-order valence-electron chi connectivity index (χ0n) is 16.8. The average molecular weight is 430 g/mol. The third kappa shape index (κ3) is 4.33. The number of carbonyl (C=O) groups excluding carboxylic acids is 2. The fourth-order valence-corrected chi connectivity index (χ4v) is 3.96. The molecule has 156 valence electrons. The number of amides is 1. The van der Waals surface area contributed by atoms with Crippen LogP contribution in [0.25, 0.3) is 0 Å². The van der Waals surface area contributed by atoms with Gasteiger partial charge in [-0.1, -0.05) is 31.4 Å². The molecule has 1 heterocycles. The highest BCUT2D eigenvalue weighted by Crippen LogP contribution is 2.37. The van der Waals surface area contributed by atoms with Gasteiger partial charge in [0.05, 0.1) is 5.56 Å². The van der Waals surface area contributed by atoms with Crippen molar-refractivity contribution in [2.45, 2.75) is 44.8 Å². The van der Waals surface area contributed by atoms with Crippen molar-refractivity contribution in [1.29, 1.82) is 0 Å². The number of rotatable bonds is 5. The molecule has 0 aromatic heterocycles. The molecule has 1 unspecified atom stereocenters. The van der Waals surface area contributed by atoms with E-state index in [-0.39, 0.29) is 13.0 Å². The molecule has 1 aliphatic rings. The van der Waals surface area contributed by atoms with Gasteiger partial charge in [-0.2, -0.15) is 0 Å². The highest BCUT2D eigenvalue weighted by Gasteiger charge is 2.41. The summed E-state index contributed by atoms with van der Waals surface area (Å²) in [6.45, 7) is 5.14. The molecule has 7 heteroatoms. The molecule has 0 saturated carbocycles. The minimum atomic E-state index is -2.06. The Kier molecular flexibility index (Phi) is 5.89. The quantitative estimate of drug-likeness (QED) is 0.551. The first-order valence-electron chi connectivity index (χ1n) is 9.29. The summed E-state index contributed by atoms with van der Waals surface area (Å²) in [5, 5.41) is 14.1. The number of esters is 1. The molecule has 0 fully saturated rings. The molecule has 2 aromatic rings. The van der Waals surface area contributed by atoms with Crippen molar-refractivity contribution in [3.05, 3.63) is 63.9 Å². The van der Waals surface area contributed by atoms with Crippen LogP contribution in [0.4, 0.5) is 10.1 Å². The number of cyclic esters (lactones) is 1. The molecule has 2 aromatic carbocycles. The van der Waals surface area contributed by atoms with Crippen LogP contribution < -0.4 is 5.32 Å². The van der Waals surface area contributed by atoms with E-state index < -0.39 is 28.7 Å². The largest absolute Gasteiger partial charge is 0.457 e. The zero-order valence-corrected chi connectivity index (χ0v) is 17.6. The van der Waals surface area contributed by atoms with Crippen molar-refractivity contribution in [1.82, 2.24) is 0 Å². The number of hydrogen-bond acceptors (Lipinski definition) is 4. The number of anilines is 1. The van der Waals surface area contributed by atoms with E-state index in [4.69, 9.17) is 16.3 Å². The van der Waals surface area contributed by atoms with Crippen molar-refractivity contribution in [3.63, 3.8) is 0 Å². The molecule has 0 bridgehead atoms. The summed E-state index contributed by atoms with van der Waals surface area (Å²) in [6, 6.07) is 8.70. The predicted octanol–water partition coefficient (Wildman–Crippen LogP) is 4.21. The Balaban J connectivity index is 1.87. The van der Waals surface area contributed by atoms with Gasteiger partial charge >= 0.3 is 5.97 Å². The van der Waals surface area contributed by atoms with E-state index in [0.29, 0.717) is 27.4 Å². The Labute approximate surface area is 179 Å². The Morgan fingerprint density at radius 2 is 2.03 bits per heavy atom. The molecule has 30 heavy (non-hydrogen) atoms. The topological polar surface area (TPSA) is 75.6 Å². The molecule has 1 aliphatic heterocycles. The first-order chi connectivity index (χ1) is 14.1. The van der Waals surface area contributed by atoms with Gasteiger partial charge in [0.1, 0.15) is 12.4 Å². The average Bonchev–Trinajstić information content (AvgIpc) is 3.03. The van der Waals surface area contributed by atoms with Crippen LogP contribution in [0.1, 0.15) is 48.7 Å². The maximum absolute atomic E-state index is 13.8. The van der Waals surface area contributed by atoms with E-state index >= 15 is 0 Å². The summed E-state index contributed by atoms with van der Waals surface area (Å²) in [6.07, 6.45) is -0.123. The maximum atomic E-state index is 13.8. The van der Waals surface area contributed by atoms with Crippen LogP contribution in [-0.2, 0) is 21.6 Å². The van der Waals surface area contributed by atoms with Crippen LogP contribution in [0, 0.1) is 17.7 Å². The molecule has 1 amide bonds. The Hall–Kier alpha value is -2.88. The van der Waals surface area contributed by atoms with E-state index in [1.54, 1.807) is 32.0 Å². The third-order valence-corrected chi connectivity index (χ3v) is 5.33. The fourth-order valence-electron chi connectivity index (χ4n) is 3.58. The van der Waals surface area contributed by atoms with E-state index in [1.807, 2.05) is 0 Å². The van der Waals surface area contributed by atoms with Crippen molar-refractivity contribution < 1.29 is 23.8 Å². The van der Waals surface area contributed by atoms with Crippen molar-refractivity contribution >= 4 is 29.2 Å². The molecular weight excluding hydrogens is 409 g/mol. The van der Waals surface area contributed by atoms with Crippen LogP contribution in [0.2, 0.25) is 5.02 Å². The molecule has 3 rings (SSSR count). The van der Waals surface area contributed by atoms with Gasteiger partial charge in [-0.05, 0) is 54.3 Å². The lowest BCUT2D eigenvalue weighted by Gasteiger charge is -2.33. The van der Waals surface area contributed by atoms with Gasteiger partial charge in [0, 0.05) is 22.7 Å². The third-order valence-electron chi connectivity index (χ3n) is 5.00. The lowest BCUT2D eigenvalue weighted by atomic mass is 9.75. The lowest BCUT2D eigenvalue weighted by Crippen LogP contribution is -2.46. The molecule has 0 saturated heterocycles. The molecular formula is C23H21ClFNO4. The first kappa shape index (κ1) is 21.8. The van der Waals surface area contributed by atoms with Crippen LogP contribution in [0.3, 0.4) is 0 Å².